The van der Waals surface area contributed by atoms with E-state index in [2.05, 4.69) is 0 Å². The number of aliphatic hydroxyl groups is 1. The number of benzene rings is 1. The van der Waals surface area contributed by atoms with Crippen LogP contribution in [0.4, 0.5) is 0 Å². The van der Waals surface area contributed by atoms with E-state index in [0.717, 1.165) is 44.9 Å². The summed E-state index contributed by atoms with van der Waals surface area (Å²) in [6.07, 6.45) is 5.68. The molecule has 7 nitrogen and oxygen atoms in total. The number of methoxy groups -OCH3 is 1. The quantitative estimate of drug-likeness (QED) is 0.699. The van der Waals surface area contributed by atoms with E-state index in [1.54, 1.807) is 13.2 Å². The summed E-state index contributed by atoms with van der Waals surface area (Å²) < 4.78 is 11.7. The Morgan fingerprint density at radius 1 is 1.03 bits per heavy atom. The highest BCUT2D eigenvalue weighted by atomic mass is 16.5. The first-order chi connectivity index (χ1) is 15.5. The number of amides is 2. The molecule has 176 valence electrons. The second-order valence-corrected chi connectivity index (χ2v) is 9.38. The van der Waals surface area contributed by atoms with Gasteiger partial charge in [0.1, 0.15) is 17.6 Å². The van der Waals surface area contributed by atoms with Crippen molar-refractivity contribution in [3.05, 3.63) is 23.8 Å². The number of ether oxygens (including phenoxy) is 2. The molecule has 3 aliphatic rings. The zero-order valence-corrected chi connectivity index (χ0v) is 19.3. The molecule has 0 radical (unpaired) electrons. The van der Waals surface area contributed by atoms with Gasteiger partial charge in [0.15, 0.2) is 0 Å². The van der Waals surface area contributed by atoms with Crippen LogP contribution in [-0.4, -0.2) is 72.2 Å². The monoisotopic (exact) mass is 444 g/mol. The molecule has 1 aromatic carbocycles. The standard InChI is InChI=1S/C25H36N2O5/c1-3-22(28)17-8-12-27(13-9-17)25(30)21-16-20(31-2)6-7-23(21)32-19-10-14-26(15-11-19)24(29)18-4-5-18/h6-7,16-19,22,28H,3-5,8-15H2,1-2H3/t22-/m0/s1. The van der Waals surface area contributed by atoms with Gasteiger partial charge in [-0.15, -0.1) is 0 Å². The lowest BCUT2D eigenvalue weighted by molar-refractivity contribution is -0.134. The first-order valence-electron chi connectivity index (χ1n) is 12.1. The summed E-state index contributed by atoms with van der Waals surface area (Å²) in [5.41, 5.74) is 0.523. The maximum Gasteiger partial charge on any atom is 0.257 e. The van der Waals surface area contributed by atoms with E-state index < -0.39 is 0 Å². The Morgan fingerprint density at radius 3 is 2.28 bits per heavy atom. The van der Waals surface area contributed by atoms with E-state index >= 15 is 0 Å². The summed E-state index contributed by atoms with van der Waals surface area (Å²) in [5, 5.41) is 10.1. The molecule has 3 fully saturated rings. The van der Waals surface area contributed by atoms with Crippen LogP contribution in [0.25, 0.3) is 0 Å². The Hall–Kier alpha value is -2.28. The van der Waals surface area contributed by atoms with Crippen LogP contribution in [0.5, 0.6) is 11.5 Å². The lowest BCUT2D eigenvalue weighted by Gasteiger charge is -2.35. The van der Waals surface area contributed by atoms with Crippen LogP contribution < -0.4 is 9.47 Å². The largest absolute Gasteiger partial charge is 0.497 e. The number of hydrogen-bond acceptors (Lipinski definition) is 5. The van der Waals surface area contributed by atoms with E-state index in [9.17, 15) is 14.7 Å². The molecule has 1 N–H and O–H groups in total. The van der Waals surface area contributed by atoms with Crippen LogP contribution in [0.3, 0.4) is 0 Å². The number of nitrogens with zero attached hydrogens (tertiary/aromatic N) is 2. The minimum Gasteiger partial charge on any atom is -0.497 e. The minimum atomic E-state index is -0.291. The van der Waals surface area contributed by atoms with Crippen LogP contribution in [-0.2, 0) is 4.79 Å². The molecule has 0 unspecified atom stereocenters. The summed E-state index contributed by atoms with van der Waals surface area (Å²) in [5.74, 6) is 1.96. The first kappa shape index (κ1) is 22.9. The number of rotatable bonds is 7. The lowest BCUT2D eigenvalue weighted by Crippen LogP contribution is -2.43. The first-order valence-corrected chi connectivity index (χ1v) is 12.1. The normalized spacial score (nSPS) is 21.3. The smallest absolute Gasteiger partial charge is 0.257 e. The van der Waals surface area contributed by atoms with E-state index in [0.29, 0.717) is 49.1 Å². The van der Waals surface area contributed by atoms with Crippen LogP contribution in [0, 0.1) is 11.8 Å². The lowest BCUT2D eigenvalue weighted by atomic mass is 9.89. The van der Waals surface area contributed by atoms with Gasteiger partial charge in [-0.2, -0.15) is 0 Å². The summed E-state index contributed by atoms with van der Waals surface area (Å²) in [6.45, 7) is 4.70. The molecule has 2 amide bonds. The van der Waals surface area contributed by atoms with Crippen molar-refractivity contribution in [3.8, 4) is 11.5 Å². The van der Waals surface area contributed by atoms with E-state index in [-0.39, 0.29) is 30.0 Å². The molecular formula is C25H36N2O5. The molecule has 0 bridgehead atoms. The highest BCUT2D eigenvalue weighted by Gasteiger charge is 2.35. The molecule has 0 spiro atoms. The number of likely N-dealkylation sites (tertiary alicyclic amines) is 2. The van der Waals surface area contributed by atoms with Gasteiger partial charge in [0.05, 0.1) is 18.8 Å². The topological polar surface area (TPSA) is 79.3 Å². The molecule has 1 aliphatic carbocycles. The molecule has 2 saturated heterocycles. The zero-order valence-electron chi connectivity index (χ0n) is 19.3. The second kappa shape index (κ2) is 10.1. The third kappa shape index (κ3) is 5.20. The number of carbonyl (C=O) groups excluding carboxylic acids is 2. The van der Waals surface area contributed by atoms with Crippen LogP contribution in [0.1, 0.15) is 62.2 Å². The van der Waals surface area contributed by atoms with Gasteiger partial charge in [0.25, 0.3) is 5.91 Å². The minimum absolute atomic E-state index is 0.0105. The molecule has 7 heteroatoms. The number of aliphatic hydroxyl groups excluding tert-OH is 1. The van der Waals surface area contributed by atoms with Gasteiger partial charge in [-0.3, -0.25) is 9.59 Å². The molecule has 4 rings (SSSR count). The van der Waals surface area contributed by atoms with Crippen molar-refractivity contribution in [1.82, 2.24) is 9.80 Å². The second-order valence-electron chi connectivity index (χ2n) is 9.38. The van der Waals surface area contributed by atoms with Crippen molar-refractivity contribution in [2.45, 2.75) is 64.1 Å². The Kier molecular flexibility index (Phi) is 7.23. The predicted molar refractivity (Wildman–Crippen MR) is 121 cm³/mol. The molecule has 2 heterocycles. The summed E-state index contributed by atoms with van der Waals surface area (Å²) in [4.78, 5) is 29.5. The average molecular weight is 445 g/mol. The molecule has 32 heavy (non-hydrogen) atoms. The van der Waals surface area contributed by atoms with Gasteiger partial charge in [-0.05, 0) is 56.2 Å². The van der Waals surface area contributed by atoms with Gasteiger partial charge in [0.2, 0.25) is 5.91 Å². The molecular weight excluding hydrogens is 408 g/mol. The van der Waals surface area contributed by atoms with Crippen molar-refractivity contribution >= 4 is 11.8 Å². The molecule has 2 aliphatic heterocycles. The summed E-state index contributed by atoms with van der Waals surface area (Å²) >= 11 is 0. The maximum absolute atomic E-state index is 13.4. The van der Waals surface area contributed by atoms with Crippen molar-refractivity contribution in [2.24, 2.45) is 11.8 Å². The number of carbonyl (C=O) groups is 2. The Balaban J connectivity index is 1.40. The Morgan fingerprint density at radius 2 is 1.69 bits per heavy atom. The zero-order chi connectivity index (χ0) is 22.7. The average Bonchev–Trinajstić information content (AvgIpc) is 3.69. The molecule has 1 aromatic rings. The van der Waals surface area contributed by atoms with Crippen molar-refractivity contribution < 1.29 is 24.2 Å². The number of hydrogen-bond donors (Lipinski definition) is 1. The van der Waals surface area contributed by atoms with Gasteiger partial charge < -0.3 is 24.4 Å². The van der Waals surface area contributed by atoms with Crippen molar-refractivity contribution in [2.75, 3.05) is 33.3 Å². The molecule has 1 saturated carbocycles. The van der Waals surface area contributed by atoms with Gasteiger partial charge >= 0.3 is 0 Å². The highest BCUT2D eigenvalue weighted by molar-refractivity contribution is 5.97. The third-order valence-electron chi connectivity index (χ3n) is 7.18. The Labute approximate surface area is 190 Å². The van der Waals surface area contributed by atoms with E-state index in [1.807, 2.05) is 28.9 Å². The Bertz CT molecular complexity index is 809. The maximum atomic E-state index is 13.4. The van der Waals surface area contributed by atoms with E-state index in [4.69, 9.17) is 9.47 Å². The summed E-state index contributed by atoms with van der Waals surface area (Å²) in [7, 11) is 1.59. The summed E-state index contributed by atoms with van der Waals surface area (Å²) in [6, 6.07) is 5.40. The fourth-order valence-electron chi connectivity index (χ4n) is 4.86. The van der Waals surface area contributed by atoms with Crippen molar-refractivity contribution in [1.29, 1.82) is 0 Å². The van der Waals surface area contributed by atoms with Gasteiger partial charge in [-0.25, -0.2) is 0 Å². The van der Waals surface area contributed by atoms with Gasteiger partial charge in [-0.1, -0.05) is 6.92 Å². The fraction of sp³-hybridized carbons (Fsp3) is 0.680. The molecule has 1 atom stereocenters. The van der Waals surface area contributed by atoms with Gasteiger partial charge in [0, 0.05) is 44.9 Å². The highest BCUT2D eigenvalue weighted by Crippen LogP contribution is 2.33. The molecule has 0 aromatic heterocycles. The van der Waals surface area contributed by atoms with E-state index in [1.165, 1.54) is 0 Å². The third-order valence-corrected chi connectivity index (χ3v) is 7.18. The van der Waals surface area contributed by atoms with Crippen LogP contribution in [0.2, 0.25) is 0 Å². The fourth-order valence-corrected chi connectivity index (χ4v) is 4.86. The number of piperidine rings is 2. The SMILES string of the molecule is CC[C@H](O)C1CCN(C(=O)c2cc(OC)ccc2OC2CCN(C(=O)C3CC3)CC2)CC1. The predicted octanol–water partition coefficient (Wildman–Crippen LogP) is 3.10. The van der Waals surface area contributed by atoms with Crippen LogP contribution in [0.15, 0.2) is 18.2 Å². The van der Waals surface area contributed by atoms with Crippen molar-refractivity contribution in [3.63, 3.8) is 0 Å². The van der Waals surface area contributed by atoms with Crippen LogP contribution >= 0.6 is 0 Å².